The maximum atomic E-state index is 10.5. The number of piperidine rings is 1. The fraction of sp³-hybridized carbons (Fsp3) is 0.500. The predicted octanol–water partition coefficient (Wildman–Crippen LogP) is 1.72. The second-order valence-electron chi connectivity index (χ2n) is 4.72. The molecule has 1 fully saturated rings. The highest BCUT2D eigenvalue weighted by Crippen LogP contribution is 2.19. The smallest absolute Gasteiger partial charge is 0.304 e. The molecule has 1 aromatic rings. The Hall–Kier alpha value is -1.55. The van der Waals surface area contributed by atoms with E-state index in [0.29, 0.717) is 12.6 Å². The molecule has 1 unspecified atom stereocenters. The zero-order valence-electron chi connectivity index (χ0n) is 10.5. The van der Waals surface area contributed by atoms with Gasteiger partial charge in [-0.1, -0.05) is 18.2 Å². The molecule has 0 bridgehead atoms. The van der Waals surface area contributed by atoms with E-state index in [2.05, 4.69) is 34.5 Å². The van der Waals surface area contributed by atoms with Crippen molar-refractivity contribution >= 4 is 11.7 Å². The molecule has 1 saturated heterocycles. The van der Waals surface area contributed by atoms with Gasteiger partial charge >= 0.3 is 5.97 Å². The quantitative estimate of drug-likeness (QED) is 0.833. The van der Waals surface area contributed by atoms with Crippen molar-refractivity contribution in [2.24, 2.45) is 0 Å². The molecule has 1 aliphatic rings. The molecule has 4 heteroatoms. The van der Waals surface area contributed by atoms with Crippen LogP contribution in [0.4, 0.5) is 5.69 Å². The topological polar surface area (TPSA) is 52.6 Å². The SMILES string of the molecule is O=C(O)CCNC1CCCN(c2ccccc2)C1. The molecular formula is C14H20N2O2. The van der Waals surface area contributed by atoms with E-state index in [0.717, 1.165) is 25.9 Å². The Balaban J connectivity index is 1.83. The second kappa shape index (κ2) is 6.40. The number of rotatable bonds is 5. The van der Waals surface area contributed by atoms with Gasteiger partial charge in [0, 0.05) is 31.4 Å². The molecule has 2 rings (SSSR count). The molecule has 98 valence electrons. The van der Waals surface area contributed by atoms with Crippen LogP contribution in [0, 0.1) is 0 Å². The number of carboxylic acid groups (broad SMARTS) is 1. The van der Waals surface area contributed by atoms with Crippen molar-refractivity contribution in [1.82, 2.24) is 5.32 Å². The Morgan fingerprint density at radius 3 is 2.89 bits per heavy atom. The van der Waals surface area contributed by atoms with Crippen molar-refractivity contribution in [3.63, 3.8) is 0 Å². The molecule has 0 amide bonds. The number of benzene rings is 1. The van der Waals surface area contributed by atoms with Crippen molar-refractivity contribution < 1.29 is 9.90 Å². The molecule has 1 heterocycles. The summed E-state index contributed by atoms with van der Waals surface area (Å²) in [6, 6.07) is 10.8. The van der Waals surface area contributed by atoms with Gasteiger partial charge in [-0.3, -0.25) is 4.79 Å². The maximum absolute atomic E-state index is 10.5. The Bertz CT molecular complexity index is 381. The first-order valence-electron chi connectivity index (χ1n) is 6.51. The first kappa shape index (κ1) is 12.9. The second-order valence-corrected chi connectivity index (χ2v) is 4.72. The van der Waals surface area contributed by atoms with Crippen molar-refractivity contribution in [1.29, 1.82) is 0 Å². The van der Waals surface area contributed by atoms with E-state index in [-0.39, 0.29) is 6.42 Å². The van der Waals surface area contributed by atoms with E-state index >= 15 is 0 Å². The zero-order valence-corrected chi connectivity index (χ0v) is 10.5. The van der Waals surface area contributed by atoms with Crippen LogP contribution in [-0.4, -0.2) is 36.8 Å². The van der Waals surface area contributed by atoms with Gasteiger partial charge in [-0.05, 0) is 25.0 Å². The Morgan fingerprint density at radius 2 is 2.17 bits per heavy atom. The molecule has 1 aliphatic heterocycles. The van der Waals surface area contributed by atoms with E-state index in [1.54, 1.807) is 0 Å². The highest BCUT2D eigenvalue weighted by atomic mass is 16.4. The van der Waals surface area contributed by atoms with E-state index < -0.39 is 5.97 Å². The number of hydrogen-bond acceptors (Lipinski definition) is 3. The minimum atomic E-state index is -0.738. The van der Waals surface area contributed by atoms with Crippen LogP contribution >= 0.6 is 0 Å². The molecule has 4 nitrogen and oxygen atoms in total. The molecule has 2 N–H and O–H groups in total. The number of hydrogen-bond donors (Lipinski definition) is 2. The van der Waals surface area contributed by atoms with Crippen molar-refractivity contribution in [2.45, 2.75) is 25.3 Å². The van der Waals surface area contributed by atoms with Gasteiger partial charge in [0.1, 0.15) is 0 Å². The monoisotopic (exact) mass is 248 g/mol. The fourth-order valence-corrected chi connectivity index (χ4v) is 2.40. The van der Waals surface area contributed by atoms with Crippen molar-refractivity contribution in [3.8, 4) is 0 Å². The van der Waals surface area contributed by atoms with Gasteiger partial charge < -0.3 is 15.3 Å². The lowest BCUT2D eigenvalue weighted by Gasteiger charge is -2.34. The molecular weight excluding hydrogens is 228 g/mol. The highest BCUT2D eigenvalue weighted by Gasteiger charge is 2.19. The average molecular weight is 248 g/mol. The molecule has 0 radical (unpaired) electrons. The zero-order chi connectivity index (χ0) is 12.8. The Labute approximate surface area is 108 Å². The molecule has 18 heavy (non-hydrogen) atoms. The minimum Gasteiger partial charge on any atom is -0.481 e. The van der Waals surface area contributed by atoms with Crippen LogP contribution < -0.4 is 10.2 Å². The predicted molar refractivity (Wildman–Crippen MR) is 71.9 cm³/mol. The van der Waals surface area contributed by atoms with Gasteiger partial charge in [0.25, 0.3) is 0 Å². The summed E-state index contributed by atoms with van der Waals surface area (Å²) in [5, 5.41) is 12.0. The van der Waals surface area contributed by atoms with Gasteiger partial charge in [-0.2, -0.15) is 0 Å². The number of aliphatic carboxylic acids is 1. The van der Waals surface area contributed by atoms with Gasteiger partial charge in [-0.25, -0.2) is 0 Å². The lowest BCUT2D eigenvalue weighted by molar-refractivity contribution is -0.136. The largest absolute Gasteiger partial charge is 0.481 e. The summed E-state index contributed by atoms with van der Waals surface area (Å²) in [4.78, 5) is 12.8. The number of carboxylic acids is 1. The molecule has 1 atom stereocenters. The van der Waals surface area contributed by atoms with Crippen LogP contribution in [0.2, 0.25) is 0 Å². The van der Waals surface area contributed by atoms with Crippen LogP contribution in [0.15, 0.2) is 30.3 Å². The first-order chi connectivity index (χ1) is 8.75. The van der Waals surface area contributed by atoms with Crippen LogP contribution in [0.1, 0.15) is 19.3 Å². The average Bonchev–Trinajstić information content (AvgIpc) is 2.40. The fourth-order valence-electron chi connectivity index (χ4n) is 2.40. The van der Waals surface area contributed by atoms with E-state index in [9.17, 15) is 4.79 Å². The lowest BCUT2D eigenvalue weighted by atomic mass is 10.0. The van der Waals surface area contributed by atoms with Crippen LogP contribution in [0.25, 0.3) is 0 Å². The molecule has 0 saturated carbocycles. The van der Waals surface area contributed by atoms with Crippen LogP contribution in [-0.2, 0) is 4.79 Å². The molecule has 0 aliphatic carbocycles. The van der Waals surface area contributed by atoms with Gasteiger partial charge in [0.2, 0.25) is 0 Å². The summed E-state index contributed by atoms with van der Waals surface area (Å²) in [7, 11) is 0. The normalized spacial score (nSPS) is 19.8. The maximum Gasteiger partial charge on any atom is 0.304 e. The van der Waals surface area contributed by atoms with Gasteiger partial charge in [0.05, 0.1) is 6.42 Å². The minimum absolute atomic E-state index is 0.196. The van der Waals surface area contributed by atoms with Crippen molar-refractivity contribution in [3.05, 3.63) is 30.3 Å². The molecule has 0 aromatic heterocycles. The lowest BCUT2D eigenvalue weighted by Crippen LogP contribution is -2.46. The van der Waals surface area contributed by atoms with E-state index in [4.69, 9.17) is 5.11 Å². The third-order valence-electron chi connectivity index (χ3n) is 3.31. The summed E-state index contributed by atoms with van der Waals surface area (Å²) < 4.78 is 0. The summed E-state index contributed by atoms with van der Waals surface area (Å²) in [6.45, 7) is 2.60. The van der Waals surface area contributed by atoms with Gasteiger partial charge in [-0.15, -0.1) is 0 Å². The van der Waals surface area contributed by atoms with Gasteiger partial charge in [0.15, 0.2) is 0 Å². The number of anilines is 1. The number of nitrogens with one attached hydrogen (secondary N) is 1. The summed E-state index contributed by atoms with van der Waals surface area (Å²) in [5.41, 5.74) is 1.25. The number of carbonyl (C=O) groups is 1. The standard InChI is InChI=1S/C14H20N2O2/c17-14(18)8-9-15-12-5-4-10-16(11-12)13-6-2-1-3-7-13/h1-3,6-7,12,15H,4-5,8-11H2,(H,17,18). The third-order valence-corrected chi connectivity index (χ3v) is 3.31. The molecule has 1 aromatic carbocycles. The number of para-hydroxylation sites is 1. The summed E-state index contributed by atoms with van der Waals surface area (Å²) >= 11 is 0. The number of nitrogens with zero attached hydrogens (tertiary/aromatic N) is 1. The van der Waals surface area contributed by atoms with Crippen molar-refractivity contribution in [2.75, 3.05) is 24.5 Å². The van der Waals surface area contributed by atoms with E-state index in [1.807, 2.05) is 6.07 Å². The third kappa shape index (κ3) is 3.74. The van der Waals surface area contributed by atoms with Crippen LogP contribution in [0.3, 0.4) is 0 Å². The highest BCUT2D eigenvalue weighted by molar-refractivity contribution is 5.66. The first-order valence-corrected chi connectivity index (χ1v) is 6.51. The molecule has 0 spiro atoms. The summed E-state index contributed by atoms with van der Waals surface area (Å²) in [6.07, 6.45) is 2.48. The summed E-state index contributed by atoms with van der Waals surface area (Å²) in [5.74, 6) is -0.738. The Kier molecular flexibility index (Phi) is 4.59. The Morgan fingerprint density at radius 1 is 1.39 bits per heavy atom. The van der Waals surface area contributed by atoms with Crippen LogP contribution in [0.5, 0.6) is 0 Å². The van der Waals surface area contributed by atoms with E-state index in [1.165, 1.54) is 5.69 Å².